The minimum Gasteiger partial charge on any atom is -0.329 e. The third kappa shape index (κ3) is 2.80. The van der Waals surface area contributed by atoms with Crippen molar-refractivity contribution in [2.75, 3.05) is 19.6 Å². The molecule has 1 aromatic carbocycles. The molecule has 0 amide bonds. The van der Waals surface area contributed by atoms with E-state index in [4.69, 9.17) is 5.73 Å². The highest BCUT2D eigenvalue weighted by atomic mass is 15.2. The van der Waals surface area contributed by atoms with Crippen LogP contribution in [-0.2, 0) is 6.42 Å². The summed E-state index contributed by atoms with van der Waals surface area (Å²) in [5, 5.41) is 0. The van der Waals surface area contributed by atoms with Gasteiger partial charge >= 0.3 is 0 Å². The van der Waals surface area contributed by atoms with E-state index < -0.39 is 0 Å². The number of hydrogen-bond acceptors (Lipinski definition) is 2. The number of hydrogen-bond donors (Lipinski definition) is 1. The minimum atomic E-state index is 0.718. The Kier molecular flexibility index (Phi) is 3.75. The first-order valence-electron chi connectivity index (χ1n) is 5.88. The van der Waals surface area contributed by atoms with Gasteiger partial charge in [0.15, 0.2) is 0 Å². The number of likely N-dealkylation sites (tertiary alicyclic amines) is 1. The molecule has 1 heterocycles. The SMILES string of the molecule is NCCN1CCC[C@H]1Cc1ccccc1. The first-order valence-corrected chi connectivity index (χ1v) is 5.88. The Balaban J connectivity index is 1.93. The molecule has 2 nitrogen and oxygen atoms in total. The van der Waals surface area contributed by atoms with Crippen LogP contribution in [0.1, 0.15) is 18.4 Å². The molecule has 1 aliphatic heterocycles. The highest BCUT2D eigenvalue weighted by Crippen LogP contribution is 2.20. The molecule has 2 heteroatoms. The lowest BCUT2D eigenvalue weighted by atomic mass is 10.0. The zero-order chi connectivity index (χ0) is 10.5. The minimum absolute atomic E-state index is 0.718. The third-order valence-electron chi connectivity index (χ3n) is 3.23. The largest absolute Gasteiger partial charge is 0.329 e. The molecule has 2 N–H and O–H groups in total. The van der Waals surface area contributed by atoms with Gasteiger partial charge in [-0.25, -0.2) is 0 Å². The van der Waals surface area contributed by atoms with Gasteiger partial charge < -0.3 is 5.73 Å². The molecule has 0 saturated carbocycles. The second-order valence-corrected chi connectivity index (χ2v) is 4.31. The van der Waals surface area contributed by atoms with Crippen LogP contribution < -0.4 is 5.73 Å². The van der Waals surface area contributed by atoms with Crippen LogP contribution in [0.15, 0.2) is 30.3 Å². The van der Waals surface area contributed by atoms with Crippen LogP contribution in [0.25, 0.3) is 0 Å². The van der Waals surface area contributed by atoms with E-state index in [9.17, 15) is 0 Å². The van der Waals surface area contributed by atoms with Gasteiger partial charge in [0.1, 0.15) is 0 Å². The van der Waals surface area contributed by atoms with Crippen LogP contribution in [0.2, 0.25) is 0 Å². The molecule has 1 aliphatic rings. The van der Waals surface area contributed by atoms with Crippen molar-refractivity contribution in [3.63, 3.8) is 0 Å². The summed E-state index contributed by atoms with van der Waals surface area (Å²) < 4.78 is 0. The van der Waals surface area contributed by atoms with Gasteiger partial charge in [0.25, 0.3) is 0 Å². The second kappa shape index (κ2) is 5.29. The van der Waals surface area contributed by atoms with Crippen molar-refractivity contribution in [1.82, 2.24) is 4.90 Å². The maximum Gasteiger partial charge on any atom is 0.0137 e. The van der Waals surface area contributed by atoms with Gasteiger partial charge in [-0.05, 0) is 31.4 Å². The van der Waals surface area contributed by atoms with Crippen molar-refractivity contribution in [2.24, 2.45) is 5.73 Å². The Morgan fingerprint density at radius 1 is 1.27 bits per heavy atom. The van der Waals surface area contributed by atoms with E-state index in [-0.39, 0.29) is 0 Å². The maximum absolute atomic E-state index is 5.62. The van der Waals surface area contributed by atoms with Crippen molar-refractivity contribution in [3.05, 3.63) is 35.9 Å². The average Bonchev–Trinajstić information content (AvgIpc) is 2.68. The number of rotatable bonds is 4. The fourth-order valence-electron chi connectivity index (χ4n) is 2.47. The Labute approximate surface area is 92.1 Å². The molecular weight excluding hydrogens is 184 g/mol. The number of benzene rings is 1. The molecule has 1 aromatic rings. The summed E-state index contributed by atoms with van der Waals surface area (Å²) in [6.45, 7) is 3.07. The lowest BCUT2D eigenvalue weighted by Crippen LogP contribution is -2.35. The summed E-state index contributed by atoms with van der Waals surface area (Å²) in [4.78, 5) is 2.53. The Bertz CT molecular complexity index is 284. The van der Waals surface area contributed by atoms with E-state index in [2.05, 4.69) is 35.2 Å². The van der Waals surface area contributed by atoms with Crippen molar-refractivity contribution >= 4 is 0 Å². The van der Waals surface area contributed by atoms with E-state index >= 15 is 0 Å². The molecule has 1 atom stereocenters. The van der Waals surface area contributed by atoms with Crippen LogP contribution in [0.3, 0.4) is 0 Å². The van der Waals surface area contributed by atoms with E-state index in [1.54, 1.807) is 0 Å². The molecular formula is C13H20N2. The molecule has 15 heavy (non-hydrogen) atoms. The normalized spacial score (nSPS) is 22.1. The summed E-state index contributed by atoms with van der Waals surface area (Å²) in [6.07, 6.45) is 3.84. The Morgan fingerprint density at radius 2 is 2.07 bits per heavy atom. The van der Waals surface area contributed by atoms with E-state index in [1.807, 2.05) is 0 Å². The van der Waals surface area contributed by atoms with Crippen molar-refractivity contribution in [3.8, 4) is 0 Å². The van der Waals surface area contributed by atoms with Gasteiger partial charge in [-0.1, -0.05) is 30.3 Å². The van der Waals surface area contributed by atoms with Gasteiger partial charge in [-0.3, -0.25) is 4.90 Å². The average molecular weight is 204 g/mol. The standard InChI is InChI=1S/C13H20N2/c14-8-10-15-9-4-7-13(15)11-12-5-2-1-3-6-12/h1-3,5-6,13H,4,7-11,14H2/t13-/m0/s1. The fourth-order valence-corrected chi connectivity index (χ4v) is 2.47. The van der Waals surface area contributed by atoms with Crippen molar-refractivity contribution < 1.29 is 0 Å². The van der Waals surface area contributed by atoms with Crippen LogP contribution in [0, 0.1) is 0 Å². The van der Waals surface area contributed by atoms with Gasteiger partial charge in [0, 0.05) is 19.1 Å². The zero-order valence-electron chi connectivity index (χ0n) is 9.23. The van der Waals surface area contributed by atoms with Crippen molar-refractivity contribution in [2.45, 2.75) is 25.3 Å². The highest BCUT2D eigenvalue weighted by molar-refractivity contribution is 5.16. The smallest absolute Gasteiger partial charge is 0.0137 e. The Morgan fingerprint density at radius 3 is 2.80 bits per heavy atom. The maximum atomic E-state index is 5.62. The predicted molar refractivity (Wildman–Crippen MR) is 63.8 cm³/mol. The zero-order valence-corrected chi connectivity index (χ0v) is 9.23. The van der Waals surface area contributed by atoms with E-state index in [0.717, 1.165) is 19.1 Å². The van der Waals surface area contributed by atoms with Crippen LogP contribution in [-0.4, -0.2) is 30.6 Å². The number of nitrogens with two attached hydrogens (primary N) is 1. The molecule has 0 aromatic heterocycles. The highest BCUT2D eigenvalue weighted by Gasteiger charge is 2.23. The summed E-state index contributed by atoms with van der Waals surface area (Å²) in [7, 11) is 0. The van der Waals surface area contributed by atoms with Gasteiger partial charge in [0.2, 0.25) is 0 Å². The first-order chi connectivity index (χ1) is 7.40. The van der Waals surface area contributed by atoms with Crippen LogP contribution >= 0.6 is 0 Å². The second-order valence-electron chi connectivity index (χ2n) is 4.31. The van der Waals surface area contributed by atoms with E-state index in [0.29, 0.717) is 0 Å². The lowest BCUT2D eigenvalue weighted by molar-refractivity contribution is 0.259. The molecule has 1 fully saturated rings. The molecule has 0 unspecified atom stereocenters. The predicted octanol–water partition coefficient (Wildman–Crippen LogP) is 1.65. The van der Waals surface area contributed by atoms with Crippen LogP contribution in [0.5, 0.6) is 0 Å². The summed E-state index contributed by atoms with van der Waals surface area (Å²) in [6, 6.07) is 11.5. The topological polar surface area (TPSA) is 29.3 Å². The molecule has 1 saturated heterocycles. The molecule has 0 spiro atoms. The Hall–Kier alpha value is -0.860. The van der Waals surface area contributed by atoms with Crippen molar-refractivity contribution in [1.29, 1.82) is 0 Å². The summed E-state index contributed by atoms with van der Waals surface area (Å²) in [5.41, 5.74) is 7.07. The molecule has 2 rings (SSSR count). The van der Waals surface area contributed by atoms with Crippen LogP contribution in [0.4, 0.5) is 0 Å². The van der Waals surface area contributed by atoms with Gasteiger partial charge in [-0.15, -0.1) is 0 Å². The van der Waals surface area contributed by atoms with Gasteiger partial charge in [0.05, 0.1) is 0 Å². The fraction of sp³-hybridized carbons (Fsp3) is 0.538. The molecule has 82 valence electrons. The van der Waals surface area contributed by atoms with Gasteiger partial charge in [-0.2, -0.15) is 0 Å². The number of nitrogens with zero attached hydrogens (tertiary/aromatic N) is 1. The summed E-state index contributed by atoms with van der Waals surface area (Å²) in [5.74, 6) is 0. The summed E-state index contributed by atoms with van der Waals surface area (Å²) >= 11 is 0. The first kappa shape index (κ1) is 10.7. The quantitative estimate of drug-likeness (QED) is 0.808. The molecule has 0 bridgehead atoms. The molecule has 0 radical (unpaired) electrons. The lowest BCUT2D eigenvalue weighted by Gasteiger charge is -2.23. The van der Waals surface area contributed by atoms with E-state index in [1.165, 1.54) is 31.4 Å². The monoisotopic (exact) mass is 204 g/mol. The third-order valence-corrected chi connectivity index (χ3v) is 3.23. The molecule has 0 aliphatic carbocycles.